The maximum absolute atomic E-state index is 12.2. The first kappa shape index (κ1) is 9.63. The van der Waals surface area contributed by atoms with Crippen LogP contribution in [0.2, 0.25) is 0 Å². The lowest BCUT2D eigenvalue weighted by atomic mass is 10.2. The Labute approximate surface area is 71.8 Å². The van der Waals surface area contributed by atoms with Crippen LogP contribution in [0.3, 0.4) is 0 Å². The Morgan fingerprint density at radius 1 is 1.38 bits per heavy atom. The summed E-state index contributed by atoms with van der Waals surface area (Å²) in [7, 11) is 1.08. The summed E-state index contributed by atoms with van der Waals surface area (Å²) in [6, 6.07) is 0. The number of hydrogen-bond donors (Lipinski definition) is 1. The third-order valence-corrected chi connectivity index (χ3v) is 1.39. The summed E-state index contributed by atoms with van der Waals surface area (Å²) in [5, 5.41) is 8.90. The largest absolute Gasteiger partial charge is 0.506 e. The van der Waals surface area contributed by atoms with Gasteiger partial charge in [0.25, 0.3) is 0 Å². The molecular formula is C7H6F3NO2. The van der Waals surface area contributed by atoms with Gasteiger partial charge in [-0.1, -0.05) is 0 Å². The fourth-order valence-corrected chi connectivity index (χ4v) is 0.871. The highest BCUT2D eigenvalue weighted by molar-refractivity contribution is 5.42. The molecule has 0 spiro atoms. The number of pyridine rings is 1. The van der Waals surface area contributed by atoms with Gasteiger partial charge in [-0.15, -0.1) is 0 Å². The molecule has 0 aliphatic carbocycles. The van der Waals surface area contributed by atoms with Crippen molar-refractivity contribution < 1.29 is 23.0 Å². The van der Waals surface area contributed by atoms with Gasteiger partial charge >= 0.3 is 6.18 Å². The Bertz CT molecular complexity index is 311. The fourth-order valence-electron chi connectivity index (χ4n) is 0.871. The summed E-state index contributed by atoms with van der Waals surface area (Å²) in [5.74, 6) is -1.43. The molecule has 3 nitrogen and oxygen atoms in total. The molecule has 0 aliphatic rings. The molecule has 13 heavy (non-hydrogen) atoms. The van der Waals surface area contributed by atoms with Gasteiger partial charge in [-0.3, -0.25) is 4.98 Å². The van der Waals surface area contributed by atoms with Crippen LogP contribution in [0, 0.1) is 0 Å². The number of aromatic hydroxyl groups is 1. The Balaban J connectivity index is 3.32. The van der Waals surface area contributed by atoms with Crippen LogP contribution in [0.5, 0.6) is 11.5 Å². The van der Waals surface area contributed by atoms with E-state index in [9.17, 15) is 13.2 Å². The average molecular weight is 193 g/mol. The zero-order chi connectivity index (χ0) is 10.1. The van der Waals surface area contributed by atoms with E-state index in [4.69, 9.17) is 5.11 Å². The van der Waals surface area contributed by atoms with E-state index in [-0.39, 0.29) is 0 Å². The molecule has 0 aromatic carbocycles. The van der Waals surface area contributed by atoms with Gasteiger partial charge in [0, 0.05) is 0 Å². The molecular weight excluding hydrogens is 187 g/mol. The van der Waals surface area contributed by atoms with Crippen molar-refractivity contribution in [2.45, 2.75) is 6.18 Å². The Morgan fingerprint density at radius 3 is 2.38 bits per heavy atom. The highest BCUT2D eigenvalue weighted by Gasteiger charge is 2.37. The van der Waals surface area contributed by atoms with Gasteiger partial charge in [0.1, 0.15) is 11.3 Å². The molecule has 0 fully saturated rings. The summed E-state index contributed by atoms with van der Waals surface area (Å²) in [5.41, 5.74) is -1.20. The van der Waals surface area contributed by atoms with Gasteiger partial charge in [-0.05, 0) is 0 Å². The molecule has 0 atom stereocenters. The number of rotatable bonds is 1. The molecule has 6 heteroatoms. The standard InChI is InChI=1S/C7H6F3NO2/c1-13-5-3-11-2-4(12)6(5)7(8,9)10/h2-3,12H,1H3. The lowest BCUT2D eigenvalue weighted by molar-refractivity contribution is -0.140. The molecule has 0 bridgehead atoms. The van der Waals surface area contributed by atoms with Gasteiger partial charge < -0.3 is 9.84 Å². The minimum absolute atomic E-state index is 0.493. The van der Waals surface area contributed by atoms with Crippen LogP contribution < -0.4 is 4.74 Å². The van der Waals surface area contributed by atoms with Gasteiger partial charge in [-0.25, -0.2) is 0 Å². The van der Waals surface area contributed by atoms with Crippen molar-refractivity contribution in [1.82, 2.24) is 4.98 Å². The summed E-state index contributed by atoms with van der Waals surface area (Å²) >= 11 is 0. The first-order valence-corrected chi connectivity index (χ1v) is 3.25. The highest BCUT2D eigenvalue weighted by Crippen LogP contribution is 2.40. The van der Waals surface area contributed by atoms with E-state index < -0.39 is 23.2 Å². The monoisotopic (exact) mass is 193 g/mol. The predicted molar refractivity (Wildman–Crippen MR) is 37.5 cm³/mol. The first-order valence-electron chi connectivity index (χ1n) is 3.25. The smallest absolute Gasteiger partial charge is 0.423 e. The molecule has 72 valence electrons. The first-order chi connectivity index (χ1) is 5.96. The van der Waals surface area contributed by atoms with Crippen LogP contribution in [-0.2, 0) is 6.18 Å². The molecule has 1 N–H and O–H groups in total. The average Bonchev–Trinajstić information content (AvgIpc) is 2.01. The molecule has 0 aliphatic heterocycles. The van der Waals surface area contributed by atoms with Crippen LogP contribution in [0.1, 0.15) is 5.56 Å². The van der Waals surface area contributed by atoms with Crippen LogP contribution in [0.25, 0.3) is 0 Å². The zero-order valence-corrected chi connectivity index (χ0v) is 6.59. The quantitative estimate of drug-likeness (QED) is 0.739. The lowest BCUT2D eigenvalue weighted by Crippen LogP contribution is -2.08. The van der Waals surface area contributed by atoms with E-state index in [1.54, 1.807) is 0 Å². The van der Waals surface area contributed by atoms with Crippen molar-refractivity contribution in [3.05, 3.63) is 18.0 Å². The molecule has 1 rings (SSSR count). The van der Waals surface area contributed by atoms with Crippen molar-refractivity contribution in [1.29, 1.82) is 0 Å². The van der Waals surface area contributed by atoms with E-state index in [1.165, 1.54) is 0 Å². The van der Waals surface area contributed by atoms with E-state index in [1.807, 2.05) is 0 Å². The maximum atomic E-state index is 12.2. The van der Waals surface area contributed by atoms with Crippen molar-refractivity contribution in [2.75, 3.05) is 7.11 Å². The molecule has 0 radical (unpaired) electrons. The fraction of sp³-hybridized carbons (Fsp3) is 0.286. The minimum Gasteiger partial charge on any atom is -0.506 e. The number of ether oxygens (including phenoxy) is 1. The van der Waals surface area contributed by atoms with Crippen molar-refractivity contribution in [2.24, 2.45) is 0 Å². The van der Waals surface area contributed by atoms with Crippen molar-refractivity contribution in [3.63, 3.8) is 0 Å². The van der Waals surface area contributed by atoms with Crippen LogP contribution in [-0.4, -0.2) is 17.2 Å². The Morgan fingerprint density at radius 2 is 2.00 bits per heavy atom. The molecule has 0 unspecified atom stereocenters. The summed E-state index contributed by atoms with van der Waals surface area (Å²) < 4.78 is 41.1. The number of hydrogen-bond acceptors (Lipinski definition) is 3. The van der Waals surface area contributed by atoms with Crippen LogP contribution in [0.15, 0.2) is 12.4 Å². The number of alkyl halides is 3. The van der Waals surface area contributed by atoms with Gasteiger partial charge in [0.2, 0.25) is 0 Å². The molecule has 0 amide bonds. The van der Waals surface area contributed by atoms with E-state index in [0.29, 0.717) is 6.20 Å². The lowest BCUT2D eigenvalue weighted by Gasteiger charge is -2.11. The number of aromatic nitrogens is 1. The molecule has 1 aromatic rings. The minimum atomic E-state index is -4.64. The predicted octanol–water partition coefficient (Wildman–Crippen LogP) is 1.81. The van der Waals surface area contributed by atoms with E-state index in [2.05, 4.69) is 9.72 Å². The van der Waals surface area contributed by atoms with E-state index >= 15 is 0 Å². The van der Waals surface area contributed by atoms with Gasteiger partial charge in [0.05, 0.1) is 19.5 Å². The summed E-state index contributed by atoms with van der Waals surface area (Å²) in [6.45, 7) is 0. The second kappa shape index (κ2) is 3.12. The van der Waals surface area contributed by atoms with Crippen LogP contribution >= 0.6 is 0 Å². The molecule has 0 saturated heterocycles. The Kier molecular flexibility index (Phi) is 2.31. The van der Waals surface area contributed by atoms with Gasteiger partial charge in [-0.2, -0.15) is 13.2 Å². The second-order valence-corrected chi connectivity index (χ2v) is 2.23. The maximum Gasteiger partial charge on any atom is 0.423 e. The number of nitrogens with zero attached hydrogens (tertiary/aromatic N) is 1. The summed E-state index contributed by atoms with van der Waals surface area (Å²) in [4.78, 5) is 3.35. The zero-order valence-electron chi connectivity index (χ0n) is 6.59. The summed E-state index contributed by atoms with van der Waals surface area (Å²) in [6.07, 6.45) is -3.04. The third-order valence-electron chi connectivity index (χ3n) is 1.39. The molecule has 0 saturated carbocycles. The van der Waals surface area contributed by atoms with Gasteiger partial charge in [0.15, 0.2) is 5.75 Å². The van der Waals surface area contributed by atoms with Crippen LogP contribution in [0.4, 0.5) is 13.2 Å². The third kappa shape index (κ3) is 1.82. The number of halogens is 3. The number of methoxy groups -OCH3 is 1. The SMILES string of the molecule is COc1cncc(O)c1C(F)(F)F. The Hall–Kier alpha value is -1.46. The topological polar surface area (TPSA) is 42.4 Å². The van der Waals surface area contributed by atoms with E-state index in [0.717, 1.165) is 13.3 Å². The van der Waals surface area contributed by atoms with Crippen molar-refractivity contribution >= 4 is 0 Å². The second-order valence-electron chi connectivity index (χ2n) is 2.23. The molecule has 1 heterocycles. The van der Waals surface area contributed by atoms with Crippen molar-refractivity contribution in [3.8, 4) is 11.5 Å². The highest BCUT2D eigenvalue weighted by atomic mass is 19.4. The normalized spacial score (nSPS) is 11.4. The molecule has 1 aromatic heterocycles.